The SMILES string of the molecule is CN(C)C1=NCC(CCNC(=O)C(C)(C)C)=N1. The Kier molecular flexibility index (Phi) is 4.26. The fourth-order valence-electron chi connectivity index (χ4n) is 1.34. The molecular formula is C12H22N4O. The highest BCUT2D eigenvalue weighted by Gasteiger charge is 2.20. The zero-order valence-corrected chi connectivity index (χ0v) is 11.4. The molecule has 0 aromatic heterocycles. The molecule has 0 radical (unpaired) electrons. The third kappa shape index (κ3) is 4.17. The number of guanidine groups is 1. The van der Waals surface area contributed by atoms with E-state index in [1.165, 1.54) is 0 Å². The van der Waals surface area contributed by atoms with Crippen molar-refractivity contribution in [3.8, 4) is 0 Å². The number of hydrogen-bond acceptors (Lipinski definition) is 4. The van der Waals surface area contributed by atoms with E-state index in [4.69, 9.17) is 0 Å². The van der Waals surface area contributed by atoms with Crippen LogP contribution in [0.5, 0.6) is 0 Å². The summed E-state index contributed by atoms with van der Waals surface area (Å²) in [6, 6.07) is 0. The summed E-state index contributed by atoms with van der Waals surface area (Å²) < 4.78 is 0. The van der Waals surface area contributed by atoms with E-state index in [1.807, 2.05) is 39.8 Å². The fourth-order valence-corrected chi connectivity index (χ4v) is 1.34. The molecule has 0 aliphatic carbocycles. The van der Waals surface area contributed by atoms with Crippen molar-refractivity contribution in [2.45, 2.75) is 27.2 Å². The Morgan fingerprint density at radius 1 is 1.41 bits per heavy atom. The monoisotopic (exact) mass is 238 g/mol. The Bertz CT molecular complexity index is 350. The second kappa shape index (κ2) is 5.29. The summed E-state index contributed by atoms with van der Waals surface area (Å²) >= 11 is 0. The maximum atomic E-state index is 11.6. The first-order valence-corrected chi connectivity index (χ1v) is 5.87. The average Bonchev–Trinajstić information content (AvgIpc) is 2.64. The maximum absolute atomic E-state index is 11.6. The second-order valence-electron chi connectivity index (χ2n) is 5.44. The van der Waals surface area contributed by atoms with Gasteiger partial charge in [-0.2, -0.15) is 0 Å². The van der Waals surface area contributed by atoms with Crippen LogP contribution in [0.2, 0.25) is 0 Å². The van der Waals surface area contributed by atoms with E-state index in [0.717, 1.165) is 18.1 Å². The van der Waals surface area contributed by atoms with Crippen molar-refractivity contribution in [3.63, 3.8) is 0 Å². The molecule has 1 rings (SSSR count). The number of carbonyl (C=O) groups is 1. The summed E-state index contributed by atoms with van der Waals surface area (Å²) in [5.41, 5.74) is 0.700. The molecule has 1 aliphatic rings. The Balaban J connectivity index is 2.31. The molecule has 1 amide bonds. The van der Waals surface area contributed by atoms with Gasteiger partial charge in [0.2, 0.25) is 11.9 Å². The molecule has 0 saturated carbocycles. The lowest BCUT2D eigenvalue weighted by Gasteiger charge is -2.17. The van der Waals surface area contributed by atoms with Crippen LogP contribution in [0, 0.1) is 5.41 Å². The number of nitrogens with zero attached hydrogens (tertiary/aromatic N) is 3. The van der Waals surface area contributed by atoms with E-state index in [9.17, 15) is 4.79 Å². The lowest BCUT2D eigenvalue weighted by Crippen LogP contribution is -2.36. The van der Waals surface area contributed by atoms with E-state index < -0.39 is 0 Å². The van der Waals surface area contributed by atoms with Crippen LogP contribution in [0.1, 0.15) is 27.2 Å². The minimum atomic E-state index is -0.331. The smallest absolute Gasteiger partial charge is 0.225 e. The number of carbonyl (C=O) groups excluding carboxylic acids is 1. The summed E-state index contributed by atoms with van der Waals surface area (Å²) in [7, 11) is 3.85. The molecule has 0 spiro atoms. The zero-order chi connectivity index (χ0) is 13.1. The summed E-state index contributed by atoms with van der Waals surface area (Å²) in [6.07, 6.45) is 0.767. The van der Waals surface area contributed by atoms with Gasteiger partial charge in [-0.1, -0.05) is 20.8 Å². The molecule has 0 bridgehead atoms. The van der Waals surface area contributed by atoms with Gasteiger partial charge in [-0.25, -0.2) is 9.98 Å². The van der Waals surface area contributed by atoms with Crippen molar-refractivity contribution in [2.24, 2.45) is 15.4 Å². The highest BCUT2D eigenvalue weighted by Crippen LogP contribution is 2.12. The Hall–Kier alpha value is -1.39. The van der Waals surface area contributed by atoms with Crippen molar-refractivity contribution in [1.29, 1.82) is 0 Å². The minimum absolute atomic E-state index is 0.0739. The van der Waals surface area contributed by atoms with Gasteiger partial charge < -0.3 is 10.2 Å². The largest absolute Gasteiger partial charge is 0.355 e. The highest BCUT2D eigenvalue weighted by atomic mass is 16.2. The Morgan fingerprint density at radius 3 is 2.53 bits per heavy atom. The Labute approximate surface area is 103 Å². The van der Waals surface area contributed by atoms with Crippen LogP contribution in [-0.2, 0) is 4.79 Å². The van der Waals surface area contributed by atoms with Crippen LogP contribution in [0.15, 0.2) is 9.98 Å². The number of amides is 1. The van der Waals surface area contributed by atoms with E-state index in [2.05, 4.69) is 15.3 Å². The number of hydrogen-bond donors (Lipinski definition) is 1. The summed E-state index contributed by atoms with van der Waals surface area (Å²) in [4.78, 5) is 22.2. The van der Waals surface area contributed by atoms with Crippen LogP contribution in [0.4, 0.5) is 0 Å². The standard InChI is InChI=1S/C12H22N4O/c1-12(2,3)10(17)13-7-6-9-8-14-11(15-9)16(4)5/h6-8H2,1-5H3,(H,13,17). The molecule has 0 fully saturated rings. The number of rotatable bonds is 3. The molecule has 0 saturated heterocycles. The lowest BCUT2D eigenvalue weighted by molar-refractivity contribution is -0.128. The number of nitrogens with one attached hydrogen (secondary N) is 1. The van der Waals surface area contributed by atoms with E-state index >= 15 is 0 Å². The van der Waals surface area contributed by atoms with Crippen molar-refractivity contribution in [1.82, 2.24) is 10.2 Å². The first kappa shape index (κ1) is 13.7. The molecule has 0 aromatic rings. The fraction of sp³-hybridized carbons (Fsp3) is 0.750. The van der Waals surface area contributed by atoms with Gasteiger partial charge >= 0.3 is 0 Å². The van der Waals surface area contributed by atoms with Crippen LogP contribution < -0.4 is 5.32 Å². The first-order chi connectivity index (χ1) is 7.80. The predicted molar refractivity (Wildman–Crippen MR) is 70.5 cm³/mol. The normalized spacial score (nSPS) is 15.4. The van der Waals surface area contributed by atoms with Gasteiger partial charge in [-0.15, -0.1) is 0 Å². The van der Waals surface area contributed by atoms with Crippen LogP contribution in [0.25, 0.3) is 0 Å². The predicted octanol–water partition coefficient (Wildman–Crippen LogP) is 0.911. The summed E-state index contributed by atoms with van der Waals surface area (Å²) in [5, 5.41) is 2.91. The molecule has 5 nitrogen and oxygen atoms in total. The topological polar surface area (TPSA) is 57.1 Å². The van der Waals surface area contributed by atoms with Crippen LogP contribution in [-0.4, -0.2) is 49.7 Å². The molecule has 1 heterocycles. The molecule has 1 aliphatic heterocycles. The van der Waals surface area contributed by atoms with Crippen molar-refractivity contribution in [3.05, 3.63) is 0 Å². The van der Waals surface area contributed by atoms with Gasteiger partial charge in [-0.05, 0) is 0 Å². The van der Waals surface area contributed by atoms with E-state index in [-0.39, 0.29) is 11.3 Å². The first-order valence-electron chi connectivity index (χ1n) is 5.87. The van der Waals surface area contributed by atoms with Gasteiger partial charge in [0.05, 0.1) is 6.54 Å². The van der Waals surface area contributed by atoms with Gasteiger partial charge in [-0.3, -0.25) is 4.79 Å². The van der Waals surface area contributed by atoms with E-state index in [0.29, 0.717) is 13.1 Å². The van der Waals surface area contributed by atoms with E-state index in [1.54, 1.807) is 0 Å². The highest BCUT2D eigenvalue weighted by molar-refractivity contribution is 6.03. The van der Waals surface area contributed by atoms with Crippen LogP contribution >= 0.6 is 0 Å². The molecule has 17 heavy (non-hydrogen) atoms. The van der Waals surface area contributed by atoms with Gasteiger partial charge in [0, 0.05) is 38.2 Å². The quantitative estimate of drug-likeness (QED) is 0.794. The molecule has 0 aromatic carbocycles. The molecule has 96 valence electrons. The minimum Gasteiger partial charge on any atom is -0.355 e. The van der Waals surface area contributed by atoms with Crippen molar-refractivity contribution < 1.29 is 4.79 Å². The molecule has 0 unspecified atom stereocenters. The summed E-state index contributed by atoms with van der Waals surface area (Å²) in [6.45, 7) is 7.00. The summed E-state index contributed by atoms with van der Waals surface area (Å²) in [5.74, 6) is 0.840. The van der Waals surface area contributed by atoms with Crippen molar-refractivity contribution >= 4 is 17.6 Å². The molecule has 5 heteroatoms. The molecule has 0 atom stereocenters. The van der Waals surface area contributed by atoms with Gasteiger partial charge in [0.25, 0.3) is 0 Å². The third-order valence-electron chi connectivity index (χ3n) is 2.44. The zero-order valence-electron chi connectivity index (χ0n) is 11.4. The van der Waals surface area contributed by atoms with Gasteiger partial charge in [0.15, 0.2) is 0 Å². The average molecular weight is 238 g/mol. The lowest BCUT2D eigenvalue weighted by atomic mass is 9.96. The van der Waals surface area contributed by atoms with Crippen LogP contribution in [0.3, 0.4) is 0 Å². The third-order valence-corrected chi connectivity index (χ3v) is 2.44. The molecular weight excluding hydrogens is 216 g/mol. The van der Waals surface area contributed by atoms with Gasteiger partial charge in [0.1, 0.15) is 0 Å². The maximum Gasteiger partial charge on any atom is 0.225 e. The van der Waals surface area contributed by atoms with Crippen molar-refractivity contribution in [2.75, 3.05) is 27.2 Å². The molecule has 1 N–H and O–H groups in total. The second-order valence-corrected chi connectivity index (χ2v) is 5.44. The number of aliphatic imine (C=N–C) groups is 2. The Morgan fingerprint density at radius 2 is 2.06 bits per heavy atom.